The monoisotopic (exact) mass is 221 g/mol. The first-order chi connectivity index (χ1) is 7.84. The van der Waals surface area contributed by atoms with Crippen molar-refractivity contribution >= 4 is 5.69 Å². The molecule has 3 N–H and O–H groups in total. The Hall–Kier alpha value is -1.13. The highest BCUT2D eigenvalue weighted by atomic mass is 16.5. The van der Waals surface area contributed by atoms with Gasteiger partial charge in [0.05, 0.1) is 24.2 Å². The number of aromatic nitrogens is 1. The molecular formula is C12H19N3O. The van der Waals surface area contributed by atoms with Crippen LogP contribution in [0.2, 0.25) is 0 Å². The second kappa shape index (κ2) is 5.82. The lowest BCUT2D eigenvalue weighted by molar-refractivity contribution is 0.126. The molecule has 0 radical (unpaired) electrons. The van der Waals surface area contributed by atoms with Crippen molar-refractivity contribution in [3.05, 3.63) is 24.0 Å². The van der Waals surface area contributed by atoms with Gasteiger partial charge in [-0.25, -0.2) is 0 Å². The molecule has 1 saturated carbocycles. The predicted molar refractivity (Wildman–Crippen MR) is 63.9 cm³/mol. The zero-order valence-corrected chi connectivity index (χ0v) is 9.48. The van der Waals surface area contributed by atoms with Crippen molar-refractivity contribution in [1.29, 1.82) is 0 Å². The van der Waals surface area contributed by atoms with E-state index in [1.165, 1.54) is 12.8 Å². The molecular weight excluding hydrogens is 202 g/mol. The average molecular weight is 221 g/mol. The number of nitrogen functional groups attached to an aromatic ring is 1. The molecule has 1 aliphatic rings. The summed E-state index contributed by atoms with van der Waals surface area (Å²) >= 11 is 0. The van der Waals surface area contributed by atoms with Crippen LogP contribution in [-0.4, -0.2) is 24.7 Å². The van der Waals surface area contributed by atoms with E-state index in [-0.39, 0.29) is 0 Å². The van der Waals surface area contributed by atoms with Gasteiger partial charge in [-0.3, -0.25) is 4.98 Å². The SMILES string of the molecule is Nc1ccc(CNCCOCC2CC2)nc1. The molecule has 1 fully saturated rings. The molecule has 1 aromatic heterocycles. The Morgan fingerprint density at radius 3 is 3.00 bits per heavy atom. The highest BCUT2D eigenvalue weighted by molar-refractivity contribution is 5.34. The molecule has 0 spiro atoms. The summed E-state index contributed by atoms with van der Waals surface area (Å²) < 4.78 is 5.51. The number of nitrogens with two attached hydrogens (primary N) is 1. The standard InChI is InChI=1S/C12H19N3O/c13-11-3-4-12(15-7-11)8-14-5-6-16-9-10-1-2-10/h3-4,7,10,14H,1-2,5-6,8-9,13H2. The molecule has 2 rings (SSSR count). The van der Waals surface area contributed by atoms with Crippen molar-refractivity contribution in [2.24, 2.45) is 5.92 Å². The molecule has 88 valence electrons. The number of rotatable bonds is 7. The van der Waals surface area contributed by atoms with Crippen molar-refractivity contribution in [2.45, 2.75) is 19.4 Å². The normalized spacial score (nSPS) is 15.2. The maximum atomic E-state index is 5.55. The summed E-state index contributed by atoms with van der Waals surface area (Å²) in [7, 11) is 0. The quantitative estimate of drug-likeness (QED) is 0.679. The number of nitrogens with zero attached hydrogens (tertiary/aromatic N) is 1. The maximum Gasteiger partial charge on any atom is 0.0591 e. The van der Waals surface area contributed by atoms with E-state index in [4.69, 9.17) is 10.5 Å². The van der Waals surface area contributed by atoms with Gasteiger partial charge >= 0.3 is 0 Å². The first-order valence-electron chi connectivity index (χ1n) is 5.83. The molecule has 0 unspecified atom stereocenters. The first-order valence-corrected chi connectivity index (χ1v) is 5.83. The number of hydrogen-bond acceptors (Lipinski definition) is 4. The van der Waals surface area contributed by atoms with Gasteiger partial charge in [0, 0.05) is 19.7 Å². The minimum Gasteiger partial charge on any atom is -0.397 e. The fourth-order valence-corrected chi connectivity index (χ4v) is 1.44. The smallest absolute Gasteiger partial charge is 0.0591 e. The average Bonchev–Trinajstić information content (AvgIpc) is 3.10. The fraction of sp³-hybridized carbons (Fsp3) is 0.583. The first kappa shape index (κ1) is 11.4. The van der Waals surface area contributed by atoms with E-state index in [2.05, 4.69) is 10.3 Å². The van der Waals surface area contributed by atoms with E-state index in [1.54, 1.807) is 6.20 Å². The van der Waals surface area contributed by atoms with Crippen LogP contribution in [0.4, 0.5) is 5.69 Å². The minimum atomic E-state index is 0.705. The molecule has 0 amide bonds. The van der Waals surface area contributed by atoms with Crippen molar-refractivity contribution in [2.75, 3.05) is 25.5 Å². The summed E-state index contributed by atoms with van der Waals surface area (Å²) in [6.45, 7) is 3.36. The van der Waals surface area contributed by atoms with E-state index in [1.807, 2.05) is 12.1 Å². The van der Waals surface area contributed by atoms with Crippen LogP contribution < -0.4 is 11.1 Å². The van der Waals surface area contributed by atoms with Gasteiger partial charge in [-0.2, -0.15) is 0 Å². The van der Waals surface area contributed by atoms with E-state index >= 15 is 0 Å². The Bertz CT molecular complexity index is 309. The number of nitrogens with one attached hydrogen (secondary N) is 1. The van der Waals surface area contributed by atoms with Crippen LogP contribution in [0.3, 0.4) is 0 Å². The number of hydrogen-bond donors (Lipinski definition) is 2. The van der Waals surface area contributed by atoms with Crippen LogP contribution in [0.25, 0.3) is 0 Å². The third-order valence-corrected chi connectivity index (χ3v) is 2.63. The molecule has 1 heterocycles. The van der Waals surface area contributed by atoms with Gasteiger partial charge in [0.15, 0.2) is 0 Å². The Balaban J connectivity index is 1.51. The minimum absolute atomic E-state index is 0.705. The van der Waals surface area contributed by atoms with Crippen molar-refractivity contribution < 1.29 is 4.74 Å². The van der Waals surface area contributed by atoms with Crippen molar-refractivity contribution in [1.82, 2.24) is 10.3 Å². The Morgan fingerprint density at radius 2 is 2.31 bits per heavy atom. The van der Waals surface area contributed by atoms with Gasteiger partial charge in [-0.15, -0.1) is 0 Å². The molecule has 0 atom stereocenters. The van der Waals surface area contributed by atoms with Crippen molar-refractivity contribution in [3.8, 4) is 0 Å². The third-order valence-electron chi connectivity index (χ3n) is 2.63. The van der Waals surface area contributed by atoms with E-state index in [0.29, 0.717) is 5.69 Å². The Labute approximate surface area is 96.2 Å². The molecule has 1 aromatic rings. The Morgan fingerprint density at radius 1 is 1.44 bits per heavy atom. The molecule has 4 heteroatoms. The third kappa shape index (κ3) is 4.16. The molecule has 4 nitrogen and oxygen atoms in total. The zero-order chi connectivity index (χ0) is 11.2. The largest absolute Gasteiger partial charge is 0.397 e. The summed E-state index contributed by atoms with van der Waals surface area (Å²) in [6, 6.07) is 3.81. The van der Waals surface area contributed by atoms with E-state index < -0.39 is 0 Å². The number of pyridine rings is 1. The number of ether oxygens (including phenoxy) is 1. The predicted octanol–water partition coefficient (Wildman–Crippen LogP) is 1.18. The van der Waals surface area contributed by atoms with E-state index in [9.17, 15) is 0 Å². The fourth-order valence-electron chi connectivity index (χ4n) is 1.44. The van der Waals surface area contributed by atoms with E-state index in [0.717, 1.165) is 37.9 Å². The lowest BCUT2D eigenvalue weighted by Gasteiger charge is -2.05. The van der Waals surface area contributed by atoms with Crippen LogP contribution in [-0.2, 0) is 11.3 Å². The lowest BCUT2D eigenvalue weighted by atomic mass is 10.3. The van der Waals surface area contributed by atoms with Crippen LogP contribution in [0.1, 0.15) is 18.5 Å². The summed E-state index contributed by atoms with van der Waals surface area (Å²) in [5, 5.41) is 3.29. The molecule has 0 saturated heterocycles. The molecule has 0 bridgehead atoms. The number of anilines is 1. The summed E-state index contributed by atoms with van der Waals surface area (Å²) in [5.41, 5.74) is 7.27. The van der Waals surface area contributed by atoms with Gasteiger partial charge in [0.2, 0.25) is 0 Å². The molecule has 0 aromatic carbocycles. The van der Waals surface area contributed by atoms with Crippen LogP contribution >= 0.6 is 0 Å². The van der Waals surface area contributed by atoms with Gasteiger partial charge in [-0.1, -0.05) is 0 Å². The summed E-state index contributed by atoms with van der Waals surface area (Å²) in [6.07, 6.45) is 4.38. The van der Waals surface area contributed by atoms with Gasteiger partial charge in [0.25, 0.3) is 0 Å². The molecule has 0 aliphatic heterocycles. The Kier molecular flexibility index (Phi) is 4.13. The highest BCUT2D eigenvalue weighted by Crippen LogP contribution is 2.28. The van der Waals surface area contributed by atoms with Gasteiger partial charge in [-0.05, 0) is 30.9 Å². The van der Waals surface area contributed by atoms with Gasteiger partial charge < -0.3 is 15.8 Å². The lowest BCUT2D eigenvalue weighted by Crippen LogP contribution is -2.20. The van der Waals surface area contributed by atoms with Crippen LogP contribution in [0.15, 0.2) is 18.3 Å². The second-order valence-corrected chi connectivity index (χ2v) is 4.28. The highest BCUT2D eigenvalue weighted by Gasteiger charge is 2.20. The molecule has 16 heavy (non-hydrogen) atoms. The van der Waals surface area contributed by atoms with Crippen molar-refractivity contribution in [3.63, 3.8) is 0 Å². The van der Waals surface area contributed by atoms with Crippen LogP contribution in [0, 0.1) is 5.92 Å². The zero-order valence-electron chi connectivity index (χ0n) is 9.48. The topological polar surface area (TPSA) is 60.2 Å². The second-order valence-electron chi connectivity index (χ2n) is 4.28. The molecule has 1 aliphatic carbocycles. The van der Waals surface area contributed by atoms with Gasteiger partial charge in [0.1, 0.15) is 0 Å². The summed E-state index contributed by atoms with van der Waals surface area (Å²) in [5.74, 6) is 0.846. The maximum absolute atomic E-state index is 5.55. The van der Waals surface area contributed by atoms with Crippen LogP contribution in [0.5, 0.6) is 0 Å². The summed E-state index contributed by atoms with van der Waals surface area (Å²) in [4.78, 5) is 4.21.